The number of carbonyl (C=O) groups excluding carboxylic acids is 2. The number of amides is 2. The Kier molecular flexibility index (Phi) is 6.05. The lowest BCUT2D eigenvalue weighted by Gasteiger charge is -2.10. The van der Waals surface area contributed by atoms with Crippen molar-refractivity contribution in [1.82, 2.24) is 9.78 Å². The largest absolute Gasteiger partial charge is 0.493 e. The van der Waals surface area contributed by atoms with E-state index in [0.29, 0.717) is 34.4 Å². The average Bonchev–Trinajstić information content (AvgIpc) is 3.28. The molecule has 166 valence electrons. The van der Waals surface area contributed by atoms with Crippen molar-refractivity contribution in [3.8, 4) is 22.6 Å². The highest BCUT2D eigenvalue weighted by molar-refractivity contribution is 6.30. The minimum atomic E-state index is -0.747. The van der Waals surface area contributed by atoms with Crippen molar-refractivity contribution in [2.45, 2.75) is 25.8 Å². The summed E-state index contributed by atoms with van der Waals surface area (Å²) < 4.78 is 12.4. The first kappa shape index (κ1) is 21.7. The van der Waals surface area contributed by atoms with Crippen LogP contribution in [0.5, 0.6) is 11.5 Å². The second kappa shape index (κ2) is 8.92. The van der Waals surface area contributed by atoms with E-state index in [4.69, 9.17) is 21.1 Å². The molecule has 2 heterocycles. The van der Waals surface area contributed by atoms with Crippen LogP contribution in [0.3, 0.4) is 0 Å². The quantitative estimate of drug-likeness (QED) is 0.555. The molecule has 0 radical (unpaired) electrons. The summed E-state index contributed by atoms with van der Waals surface area (Å²) in [4.78, 5) is 25.3. The van der Waals surface area contributed by atoms with Gasteiger partial charge in [-0.25, -0.2) is 4.68 Å². The van der Waals surface area contributed by atoms with Gasteiger partial charge in [0.2, 0.25) is 5.91 Å². The van der Waals surface area contributed by atoms with Gasteiger partial charge in [0.05, 0.1) is 26.3 Å². The maximum Gasteiger partial charge on any atom is 0.251 e. The lowest BCUT2D eigenvalue weighted by Crippen LogP contribution is -2.23. The smallest absolute Gasteiger partial charge is 0.251 e. The Morgan fingerprint density at radius 2 is 1.97 bits per heavy atom. The zero-order valence-electron chi connectivity index (χ0n) is 17.9. The summed E-state index contributed by atoms with van der Waals surface area (Å²) in [6.07, 6.45) is 0.600. The number of methoxy groups -OCH3 is 2. The van der Waals surface area contributed by atoms with E-state index in [0.717, 1.165) is 16.8 Å². The van der Waals surface area contributed by atoms with Crippen molar-refractivity contribution in [2.24, 2.45) is 0 Å². The number of hydrogen-bond acceptors (Lipinski definition) is 5. The van der Waals surface area contributed by atoms with E-state index in [1.807, 2.05) is 25.1 Å². The molecule has 2 N–H and O–H groups in total. The van der Waals surface area contributed by atoms with Crippen molar-refractivity contribution in [3.05, 3.63) is 53.2 Å². The third-order valence-electron chi connectivity index (χ3n) is 5.32. The molecule has 0 spiro atoms. The summed E-state index contributed by atoms with van der Waals surface area (Å²) in [7, 11) is 3.15. The number of nitrogens with one attached hydrogen (secondary N) is 2. The topological polar surface area (TPSA) is 94.5 Å². The van der Waals surface area contributed by atoms with Crippen molar-refractivity contribution in [3.63, 3.8) is 0 Å². The summed E-state index contributed by atoms with van der Waals surface area (Å²) in [5, 5.41) is 10.8. The number of ether oxygens (including phenoxy) is 2. The molecule has 0 saturated carbocycles. The monoisotopic (exact) mass is 454 g/mol. The third-order valence-corrected chi connectivity index (χ3v) is 5.55. The molecule has 1 atom stereocenters. The van der Waals surface area contributed by atoms with E-state index in [1.54, 1.807) is 43.2 Å². The van der Waals surface area contributed by atoms with Crippen LogP contribution in [-0.2, 0) is 16.0 Å². The fourth-order valence-electron chi connectivity index (χ4n) is 3.81. The number of anilines is 2. The average molecular weight is 455 g/mol. The number of benzene rings is 2. The molecule has 9 heteroatoms. The van der Waals surface area contributed by atoms with Crippen LogP contribution in [0.4, 0.5) is 11.5 Å². The van der Waals surface area contributed by atoms with Gasteiger partial charge in [0.15, 0.2) is 11.5 Å². The molecule has 8 nitrogen and oxygen atoms in total. The van der Waals surface area contributed by atoms with Crippen LogP contribution in [0.15, 0.2) is 42.5 Å². The predicted octanol–water partition coefficient (Wildman–Crippen LogP) is 4.31. The number of rotatable bonds is 7. The standard InChI is InChI=1S/C23H23ClN4O4/c1-4-16-21(13-8-9-18(31-2)19(10-13)32-3)22-26-23(30)17(28(22)27-16)12-20(29)25-15-7-5-6-14(24)11-15/h5-11,17H,4,12H2,1-3H3,(H,25,29)(H,26,30). The van der Waals surface area contributed by atoms with Gasteiger partial charge >= 0.3 is 0 Å². The molecule has 3 aromatic rings. The second-order valence-corrected chi connectivity index (χ2v) is 7.74. The lowest BCUT2D eigenvalue weighted by molar-refractivity contribution is -0.123. The van der Waals surface area contributed by atoms with Crippen LogP contribution < -0.4 is 20.1 Å². The van der Waals surface area contributed by atoms with Crippen LogP contribution in [-0.4, -0.2) is 35.8 Å². The molecule has 1 aliphatic rings. The van der Waals surface area contributed by atoms with E-state index >= 15 is 0 Å². The molecule has 1 aromatic heterocycles. The maximum absolute atomic E-state index is 12.7. The number of aromatic nitrogens is 2. The summed E-state index contributed by atoms with van der Waals surface area (Å²) in [6.45, 7) is 1.99. The van der Waals surface area contributed by atoms with E-state index in [-0.39, 0.29) is 18.2 Å². The Morgan fingerprint density at radius 3 is 2.66 bits per heavy atom. The van der Waals surface area contributed by atoms with Gasteiger partial charge in [-0.2, -0.15) is 5.10 Å². The molecule has 2 amide bonds. The van der Waals surface area contributed by atoms with E-state index in [9.17, 15) is 9.59 Å². The Hall–Kier alpha value is -3.52. The van der Waals surface area contributed by atoms with Gasteiger partial charge in [-0.3, -0.25) is 9.59 Å². The predicted molar refractivity (Wildman–Crippen MR) is 123 cm³/mol. The lowest BCUT2D eigenvalue weighted by atomic mass is 10.0. The number of nitrogens with zero attached hydrogens (tertiary/aromatic N) is 2. The second-order valence-electron chi connectivity index (χ2n) is 7.31. The number of halogens is 1. The Labute approximate surface area is 190 Å². The van der Waals surface area contributed by atoms with E-state index < -0.39 is 6.04 Å². The van der Waals surface area contributed by atoms with E-state index in [2.05, 4.69) is 15.7 Å². The number of carbonyl (C=O) groups is 2. The molecule has 32 heavy (non-hydrogen) atoms. The van der Waals surface area contributed by atoms with Gasteiger partial charge in [-0.05, 0) is 42.3 Å². The normalized spacial score (nSPS) is 14.6. The first-order chi connectivity index (χ1) is 15.4. The molecule has 0 fully saturated rings. The molecule has 0 bridgehead atoms. The van der Waals surface area contributed by atoms with Crippen molar-refractivity contribution in [1.29, 1.82) is 0 Å². The summed E-state index contributed by atoms with van der Waals surface area (Å²) >= 11 is 5.98. The van der Waals surface area contributed by atoms with Crippen LogP contribution in [0.25, 0.3) is 11.1 Å². The van der Waals surface area contributed by atoms with Crippen molar-refractivity contribution < 1.29 is 19.1 Å². The van der Waals surface area contributed by atoms with Gasteiger partial charge in [0, 0.05) is 16.3 Å². The minimum absolute atomic E-state index is 0.0540. The first-order valence-corrected chi connectivity index (χ1v) is 10.5. The number of fused-ring (bicyclic) bond motifs is 1. The molecule has 1 aliphatic heterocycles. The highest BCUT2D eigenvalue weighted by Gasteiger charge is 2.37. The molecule has 0 aliphatic carbocycles. The summed E-state index contributed by atoms with van der Waals surface area (Å²) in [5.74, 6) is 1.17. The van der Waals surface area contributed by atoms with Crippen molar-refractivity contribution >= 4 is 34.9 Å². The summed E-state index contributed by atoms with van der Waals surface area (Å²) in [5.41, 5.74) is 3.03. The van der Waals surface area contributed by atoms with Gasteiger partial charge < -0.3 is 20.1 Å². The maximum atomic E-state index is 12.7. The SMILES string of the molecule is CCc1nn2c(c1-c1ccc(OC)c(OC)c1)NC(=O)C2CC(=O)Nc1cccc(Cl)c1. The van der Waals surface area contributed by atoms with Crippen LogP contribution >= 0.6 is 11.6 Å². The third kappa shape index (κ3) is 4.01. The molecular formula is C23H23ClN4O4. The van der Waals surface area contributed by atoms with Crippen molar-refractivity contribution in [2.75, 3.05) is 24.9 Å². The minimum Gasteiger partial charge on any atom is -0.493 e. The van der Waals surface area contributed by atoms with Crippen LogP contribution in [0, 0.1) is 0 Å². The van der Waals surface area contributed by atoms with Gasteiger partial charge in [-0.15, -0.1) is 0 Å². The number of hydrogen-bond donors (Lipinski definition) is 2. The molecule has 1 unspecified atom stereocenters. The summed E-state index contributed by atoms with van der Waals surface area (Å²) in [6, 6.07) is 11.7. The van der Waals surface area contributed by atoms with Gasteiger partial charge in [0.25, 0.3) is 5.91 Å². The Bertz CT molecular complexity index is 1190. The van der Waals surface area contributed by atoms with Crippen LogP contribution in [0.2, 0.25) is 5.02 Å². The van der Waals surface area contributed by atoms with E-state index in [1.165, 1.54) is 0 Å². The molecule has 2 aromatic carbocycles. The highest BCUT2D eigenvalue weighted by atomic mass is 35.5. The zero-order chi connectivity index (χ0) is 22.8. The van der Waals surface area contributed by atoms with Gasteiger partial charge in [0.1, 0.15) is 11.9 Å². The highest BCUT2D eigenvalue weighted by Crippen LogP contribution is 2.41. The fraction of sp³-hybridized carbons (Fsp3) is 0.261. The Balaban J connectivity index is 1.64. The molecular weight excluding hydrogens is 432 g/mol. The zero-order valence-corrected chi connectivity index (χ0v) is 18.7. The van der Waals surface area contributed by atoms with Gasteiger partial charge in [-0.1, -0.05) is 30.7 Å². The molecule has 0 saturated heterocycles. The first-order valence-electron chi connectivity index (χ1n) is 10.1. The Morgan fingerprint density at radius 1 is 1.19 bits per heavy atom. The number of aryl methyl sites for hydroxylation is 1. The molecule has 4 rings (SSSR count). The fourth-order valence-corrected chi connectivity index (χ4v) is 4.00. The van der Waals surface area contributed by atoms with Crippen LogP contribution in [0.1, 0.15) is 25.1 Å².